The van der Waals surface area contributed by atoms with Crippen LogP contribution < -0.4 is 15.3 Å². The number of carbonyl (C=O) groups excluding carboxylic acids is 1. The first-order valence-electron chi connectivity index (χ1n) is 9.00. The van der Waals surface area contributed by atoms with Gasteiger partial charge in [0.2, 0.25) is 0 Å². The van der Waals surface area contributed by atoms with Gasteiger partial charge in [-0.05, 0) is 55.5 Å². The van der Waals surface area contributed by atoms with E-state index in [9.17, 15) is 4.79 Å². The predicted octanol–water partition coefficient (Wildman–Crippen LogP) is 4.57. The van der Waals surface area contributed by atoms with Crippen LogP contribution in [0.5, 0.6) is 0 Å². The molecule has 0 aliphatic carbocycles. The lowest BCUT2D eigenvalue weighted by Crippen LogP contribution is -2.34. The molecule has 0 heterocycles. The van der Waals surface area contributed by atoms with E-state index in [2.05, 4.69) is 37.0 Å². The molecule has 2 aromatic rings. The van der Waals surface area contributed by atoms with Gasteiger partial charge in [0, 0.05) is 36.1 Å². The van der Waals surface area contributed by atoms with E-state index in [-0.39, 0.29) is 5.78 Å². The first-order valence-corrected chi connectivity index (χ1v) is 9.00. The van der Waals surface area contributed by atoms with Gasteiger partial charge >= 0.3 is 0 Å². The molecular formula is C23H27N3O. The number of likely N-dealkylation sites (N-methyl/N-ethyl adjacent to an activating group) is 1. The molecule has 0 bridgehead atoms. The Morgan fingerprint density at radius 3 is 1.85 bits per heavy atom. The molecule has 0 saturated carbocycles. The minimum Gasteiger partial charge on any atom is -0.368 e. The number of hydrogen-bond acceptors (Lipinski definition) is 4. The molecular weight excluding hydrogens is 334 g/mol. The second kappa shape index (κ2) is 10.0. The molecule has 2 aromatic carbocycles. The first-order chi connectivity index (χ1) is 13.1. The highest BCUT2D eigenvalue weighted by Gasteiger charge is 2.11. The summed E-state index contributed by atoms with van der Waals surface area (Å²) in [5.74, 6) is 0.00631. The molecule has 0 amide bonds. The third-order valence-corrected chi connectivity index (χ3v) is 4.23. The van der Waals surface area contributed by atoms with Gasteiger partial charge in [0.1, 0.15) is 0 Å². The summed E-state index contributed by atoms with van der Waals surface area (Å²) >= 11 is 0. The molecule has 4 nitrogen and oxygen atoms in total. The van der Waals surface area contributed by atoms with Crippen LogP contribution in [0.25, 0.3) is 0 Å². The average molecular weight is 361 g/mol. The fraction of sp³-hybridized carbons (Fsp3) is 0.174. The maximum absolute atomic E-state index is 12.8. The lowest BCUT2D eigenvalue weighted by Gasteiger charge is -2.23. The standard InChI is InChI=1S/C23H27N3O/c1-5-17-25(8-4)21-13-9-19(10-14-21)23(27)20-11-15-22(16-12-20)26(18-6-2)24-7-3/h5-7,9-16,24H,1-3,8,17-18H2,4H3. The van der Waals surface area contributed by atoms with Gasteiger partial charge < -0.3 is 10.3 Å². The summed E-state index contributed by atoms with van der Waals surface area (Å²) in [7, 11) is 0. The molecule has 140 valence electrons. The first kappa shape index (κ1) is 20.0. The van der Waals surface area contributed by atoms with Crippen molar-refractivity contribution in [1.29, 1.82) is 0 Å². The molecule has 1 N–H and O–H groups in total. The van der Waals surface area contributed by atoms with Gasteiger partial charge in [0.05, 0.1) is 12.2 Å². The Kier molecular flexibility index (Phi) is 7.44. The fourth-order valence-corrected chi connectivity index (χ4v) is 2.83. The molecule has 0 fully saturated rings. The summed E-state index contributed by atoms with van der Waals surface area (Å²) in [6.45, 7) is 15.6. The van der Waals surface area contributed by atoms with E-state index in [1.165, 1.54) is 0 Å². The third kappa shape index (κ3) is 5.11. The van der Waals surface area contributed by atoms with Crippen LogP contribution in [0.1, 0.15) is 22.8 Å². The number of hydrazine groups is 1. The second-order valence-corrected chi connectivity index (χ2v) is 5.98. The molecule has 0 aliphatic heterocycles. The van der Waals surface area contributed by atoms with E-state index in [4.69, 9.17) is 0 Å². The van der Waals surface area contributed by atoms with Crippen molar-refractivity contribution in [3.05, 3.63) is 97.7 Å². The average Bonchev–Trinajstić information content (AvgIpc) is 2.71. The van der Waals surface area contributed by atoms with E-state index in [1.54, 1.807) is 12.3 Å². The minimum atomic E-state index is 0.00631. The van der Waals surface area contributed by atoms with Crippen molar-refractivity contribution in [2.24, 2.45) is 0 Å². The molecule has 4 heteroatoms. The lowest BCUT2D eigenvalue weighted by molar-refractivity contribution is 0.103. The zero-order valence-corrected chi connectivity index (χ0v) is 15.9. The molecule has 0 spiro atoms. The Bertz CT molecular complexity index is 768. The number of rotatable bonds is 11. The van der Waals surface area contributed by atoms with Crippen molar-refractivity contribution in [3.63, 3.8) is 0 Å². The number of hydrogen-bond donors (Lipinski definition) is 1. The molecule has 2 rings (SSSR count). The molecule has 27 heavy (non-hydrogen) atoms. The summed E-state index contributed by atoms with van der Waals surface area (Å²) in [6, 6.07) is 15.2. The molecule has 0 atom stereocenters. The summed E-state index contributed by atoms with van der Waals surface area (Å²) in [6.07, 6.45) is 5.28. The largest absolute Gasteiger partial charge is 0.368 e. The van der Waals surface area contributed by atoms with Crippen molar-refractivity contribution >= 4 is 17.2 Å². The van der Waals surface area contributed by atoms with Gasteiger partial charge in [-0.25, -0.2) is 0 Å². The molecule has 0 aliphatic rings. The number of nitrogens with zero attached hydrogens (tertiary/aromatic N) is 2. The van der Waals surface area contributed by atoms with Gasteiger partial charge in [-0.3, -0.25) is 9.80 Å². The van der Waals surface area contributed by atoms with E-state index >= 15 is 0 Å². The Morgan fingerprint density at radius 1 is 0.889 bits per heavy atom. The zero-order valence-electron chi connectivity index (χ0n) is 15.9. The molecule has 0 saturated heterocycles. The molecule has 0 aromatic heterocycles. The van der Waals surface area contributed by atoms with Crippen molar-refractivity contribution in [2.75, 3.05) is 29.5 Å². The van der Waals surface area contributed by atoms with Crippen molar-refractivity contribution in [3.8, 4) is 0 Å². The van der Waals surface area contributed by atoms with Crippen LogP contribution in [0, 0.1) is 0 Å². The Balaban J connectivity index is 2.16. The van der Waals surface area contributed by atoms with Crippen LogP contribution >= 0.6 is 0 Å². The Hall–Kier alpha value is -3.27. The van der Waals surface area contributed by atoms with E-state index in [0.29, 0.717) is 17.7 Å². The normalized spacial score (nSPS) is 9.96. The lowest BCUT2D eigenvalue weighted by atomic mass is 10.0. The summed E-state index contributed by atoms with van der Waals surface area (Å²) < 4.78 is 0. The van der Waals surface area contributed by atoms with E-state index in [1.807, 2.05) is 59.6 Å². The summed E-state index contributed by atoms with van der Waals surface area (Å²) in [4.78, 5) is 15.0. The number of benzene rings is 2. The Morgan fingerprint density at radius 2 is 1.41 bits per heavy atom. The highest BCUT2D eigenvalue weighted by atomic mass is 16.1. The predicted molar refractivity (Wildman–Crippen MR) is 115 cm³/mol. The maximum atomic E-state index is 12.8. The van der Waals surface area contributed by atoms with Crippen molar-refractivity contribution in [1.82, 2.24) is 5.43 Å². The van der Waals surface area contributed by atoms with Gasteiger partial charge in [0.15, 0.2) is 5.78 Å². The van der Waals surface area contributed by atoms with Crippen molar-refractivity contribution < 1.29 is 4.79 Å². The number of nitrogens with one attached hydrogen (secondary N) is 1. The maximum Gasteiger partial charge on any atom is 0.193 e. The Labute approximate surface area is 162 Å². The van der Waals surface area contributed by atoms with Crippen LogP contribution in [0.3, 0.4) is 0 Å². The van der Waals surface area contributed by atoms with Gasteiger partial charge in [-0.1, -0.05) is 18.7 Å². The number of ketones is 1. The quantitative estimate of drug-likeness (QED) is 0.361. The molecule has 0 unspecified atom stereocenters. The highest BCUT2D eigenvalue weighted by Crippen LogP contribution is 2.19. The van der Waals surface area contributed by atoms with Crippen LogP contribution in [0.15, 0.2) is 86.6 Å². The summed E-state index contributed by atoms with van der Waals surface area (Å²) in [5, 5.41) is 1.89. The summed E-state index contributed by atoms with van der Waals surface area (Å²) in [5.41, 5.74) is 6.39. The van der Waals surface area contributed by atoms with Crippen molar-refractivity contribution in [2.45, 2.75) is 6.92 Å². The number of anilines is 2. The van der Waals surface area contributed by atoms with E-state index in [0.717, 1.165) is 24.5 Å². The van der Waals surface area contributed by atoms with Crippen LogP contribution in [-0.2, 0) is 0 Å². The smallest absolute Gasteiger partial charge is 0.193 e. The van der Waals surface area contributed by atoms with Gasteiger partial charge in [0.25, 0.3) is 0 Å². The minimum absolute atomic E-state index is 0.00631. The SMILES string of the molecule is C=CCN(CC)c1ccc(C(=O)c2ccc(N(CC=C)NC=C)cc2)cc1. The van der Waals surface area contributed by atoms with Crippen LogP contribution in [-0.4, -0.2) is 25.4 Å². The van der Waals surface area contributed by atoms with E-state index < -0.39 is 0 Å². The number of carbonyl (C=O) groups is 1. The van der Waals surface area contributed by atoms with Gasteiger partial charge in [-0.15, -0.1) is 13.2 Å². The van der Waals surface area contributed by atoms with Crippen LogP contribution in [0.4, 0.5) is 11.4 Å². The molecule has 0 radical (unpaired) electrons. The van der Waals surface area contributed by atoms with Gasteiger partial charge in [-0.2, -0.15) is 0 Å². The zero-order chi connectivity index (χ0) is 19.6. The highest BCUT2D eigenvalue weighted by molar-refractivity contribution is 6.09. The monoisotopic (exact) mass is 361 g/mol. The third-order valence-electron chi connectivity index (χ3n) is 4.23. The van der Waals surface area contributed by atoms with Crippen LogP contribution in [0.2, 0.25) is 0 Å². The topological polar surface area (TPSA) is 35.6 Å². The second-order valence-electron chi connectivity index (χ2n) is 5.98. The fourth-order valence-electron chi connectivity index (χ4n) is 2.83.